The number of para-hydroxylation sites is 1. The van der Waals surface area contributed by atoms with Crippen molar-refractivity contribution in [2.24, 2.45) is 5.10 Å². The van der Waals surface area contributed by atoms with Crippen molar-refractivity contribution in [1.29, 1.82) is 0 Å². The number of hydrogen-bond acceptors (Lipinski definition) is 5. The van der Waals surface area contributed by atoms with E-state index in [-0.39, 0.29) is 18.0 Å². The Bertz CT molecular complexity index is 580. The molecule has 1 saturated carbocycles. The van der Waals surface area contributed by atoms with Crippen LogP contribution in [0.4, 0.5) is 5.69 Å². The summed E-state index contributed by atoms with van der Waals surface area (Å²) in [6, 6.07) is 6.13. The molecule has 0 radical (unpaired) electrons. The maximum Gasteiger partial charge on any atom is 0.278 e. The summed E-state index contributed by atoms with van der Waals surface area (Å²) in [5.74, 6) is -0.390. The Balaban J connectivity index is 1.92. The van der Waals surface area contributed by atoms with E-state index in [1.54, 1.807) is 18.2 Å². The predicted molar refractivity (Wildman–Crippen MR) is 81.5 cm³/mol. The molecule has 1 aromatic rings. The molecule has 1 aliphatic rings. The number of nitrogens with one attached hydrogen (secondary N) is 1. The van der Waals surface area contributed by atoms with Crippen LogP contribution in [0.3, 0.4) is 0 Å². The molecule has 0 heterocycles. The lowest BCUT2D eigenvalue weighted by molar-refractivity contribution is -0.385. The fourth-order valence-electron chi connectivity index (χ4n) is 2.66. The van der Waals surface area contributed by atoms with Gasteiger partial charge in [0.05, 0.1) is 28.7 Å². The van der Waals surface area contributed by atoms with E-state index < -0.39 is 10.5 Å². The second kappa shape index (κ2) is 7.13. The molecule has 22 heavy (non-hydrogen) atoms. The second-order valence-electron chi connectivity index (χ2n) is 5.57. The average Bonchev–Trinajstić information content (AvgIpc) is 2.47. The standard InChI is InChI=1S/C15H19N3O4/c19-14(10-15(20)8-4-1-5-9-15)17-16-11-12-6-2-3-7-13(12)18(21)22/h2-3,6-7,11,20H,1,4-5,8-10H2,(H,17,19)/b16-11+. The molecule has 1 aliphatic carbocycles. The quantitative estimate of drug-likeness (QED) is 0.494. The highest BCUT2D eigenvalue weighted by molar-refractivity contribution is 5.86. The Labute approximate surface area is 128 Å². The lowest BCUT2D eigenvalue weighted by atomic mass is 9.82. The van der Waals surface area contributed by atoms with Crippen molar-refractivity contribution in [2.75, 3.05) is 0 Å². The van der Waals surface area contributed by atoms with Crippen molar-refractivity contribution in [3.63, 3.8) is 0 Å². The average molecular weight is 305 g/mol. The number of aliphatic hydroxyl groups is 1. The first-order valence-corrected chi connectivity index (χ1v) is 7.28. The molecule has 1 fully saturated rings. The summed E-state index contributed by atoms with van der Waals surface area (Å²) in [5, 5.41) is 24.9. The molecule has 0 unspecified atom stereocenters. The highest BCUT2D eigenvalue weighted by Gasteiger charge is 2.31. The zero-order valence-corrected chi connectivity index (χ0v) is 12.2. The Kier molecular flexibility index (Phi) is 5.21. The van der Waals surface area contributed by atoms with Crippen LogP contribution in [0.25, 0.3) is 0 Å². The van der Waals surface area contributed by atoms with Crippen molar-refractivity contribution < 1.29 is 14.8 Å². The fourth-order valence-corrected chi connectivity index (χ4v) is 2.66. The SMILES string of the molecule is O=C(CC1(O)CCCCC1)N/N=C/c1ccccc1[N+](=O)[O-]. The van der Waals surface area contributed by atoms with Crippen LogP contribution in [-0.2, 0) is 4.79 Å². The van der Waals surface area contributed by atoms with E-state index in [1.807, 2.05) is 0 Å². The smallest absolute Gasteiger partial charge is 0.278 e. The van der Waals surface area contributed by atoms with Crippen molar-refractivity contribution in [2.45, 2.75) is 44.1 Å². The summed E-state index contributed by atoms with van der Waals surface area (Å²) in [6.45, 7) is 0. The lowest BCUT2D eigenvalue weighted by Crippen LogP contribution is -2.37. The highest BCUT2D eigenvalue weighted by Crippen LogP contribution is 2.30. The molecule has 1 aromatic carbocycles. The summed E-state index contributed by atoms with van der Waals surface area (Å²) < 4.78 is 0. The maximum atomic E-state index is 11.8. The van der Waals surface area contributed by atoms with Gasteiger partial charge in [0, 0.05) is 6.07 Å². The number of nitro groups is 1. The van der Waals surface area contributed by atoms with Gasteiger partial charge in [0.1, 0.15) is 0 Å². The molecule has 0 spiro atoms. The van der Waals surface area contributed by atoms with Gasteiger partial charge in [-0.05, 0) is 18.9 Å². The van der Waals surface area contributed by atoms with Crippen LogP contribution in [0.2, 0.25) is 0 Å². The van der Waals surface area contributed by atoms with Gasteiger partial charge in [-0.15, -0.1) is 0 Å². The van der Waals surface area contributed by atoms with Gasteiger partial charge in [-0.1, -0.05) is 31.4 Å². The monoisotopic (exact) mass is 305 g/mol. The molecule has 0 aromatic heterocycles. The highest BCUT2D eigenvalue weighted by atomic mass is 16.6. The van der Waals surface area contributed by atoms with E-state index in [2.05, 4.69) is 10.5 Å². The third-order valence-corrected chi connectivity index (χ3v) is 3.80. The van der Waals surface area contributed by atoms with Crippen molar-refractivity contribution in [1.82, 2.24) is 5.43 Å². The number of carbonyl (C=O) groups is 1. The van der Waals surface area contributed by atoms with E-state index in [1.165, 1.54) is 12.3 Å². The van der Waals surface area contributed by atoms with Crippen LogP contribution >= 0.6 is 0 Å². The minimum atomic E-state index is -0.948. The summed E-state index contributed by atoms with van der Waals surface area (Å²) in [4.78, 5) is 22.1. The predicted octanol–water partition coefficient (Wildman–Crippen LogP) is 2.13. The van der Waals surface area contributed by atoms with Gasteiger partial charge in [-0.3, -0.25) is 14.9 Å². The summed E-state index contributed by atoms with van der Waals surface area (Å²) >= 11 is 0. The van der Waals surface area contributed by atoms with Crippen molar-refractivity contribution in [3.8, 4) is 0 Å². The van der Waals surface area contributed by atoms with E-state index in [0.717, 1.165) is 19.3 Å². The van der Waals surface area contributed by atoms with Gasteiger partial charge < -0.3 is 5.11 Å². The minimum Gasteiger partial charge on any atom is -0.389 e. The number of rotatable bonds is 5. The number of nitro benzene ring substituents is 1. The first-order valence-electron chi connectivity index (χ1n) is 7.28. The van der Waals surface area contributed by atoms with E-state index in [0.29, 0.717) is 18.4 Å². The van der Waals surface area contributed by atoms with Crippen LogP contribution in [0.15, 0.2) is 29.4 Å². The second-order valence-corrected chi connectivity index (χ2v) is 5.57. The number of benzene rings is 1. The molecule has 0 atom stereocenters. The summed E-state index contributed by atoms with van der Waals surface area (Å²) in [6.07, 6.45) is 5.40. The summed E-state index contributed by atoms with van der Waals surface area (Å²) in [7, 11) is 0. The Hall–Kier alpha value is -2.28. The van der Waals surface area contributed by atoms with Crippen LogP contribution in [0, 0.1) is 10.1 Å². The maximum absolute atomic E-state index is 11.8. The van der Waals surface area contributed by atoms with Gasteiger partial charge in [0.2, 0.25) is 5.91 Å². The van der Waals surface area contributed by atoms with Crippen LogP contribution in [-0.4, -0.2) is 27.8 Å². The third kappa shape index (κ3) is 4.36. The van der Waals surface area contributed by atoms with Gasteiger partial charge in [-0.25, -0.2) is 5.43 Å². The molecule has 2 rings (SSSR count). The molecule has 7 nitrogen and oxygen atoms in total. The molecule has 0 saturated heterocycles. The van der Waals surface area contributed by atoms with Gasteiger partial charge in [0.15, 0.2) is 0 Å². The Morgan fingerprint density at radius 2 is 2.05 bits per heavy atom. The third-order valence-electron chi connectivity index (χ3n) is 3.80. The van der Waals surface area contributed by atoms with Crippen molar-refractivity contribution >= 4 is 17.8 Å². The topological polar surface area (TPSA) is 105 Å². The number of hydrazone groups is 1. The molecule has 118 valence electrons. The van der Waals surface area contributed by atoms with E-state index in [9.17, 15) is 20.0 Å². The fraction of sp³-hybridized carbons (Fsp3) is 0.467. The molecule has 7 heteroatoms. The number of amides is 1. The number of hydrogen-bond donors (Lipinski definition) is 2. The molecular formula is C15H19N3O4. The van der Waals surface area contributed by atoms with Gasteiger partial charge in [0.25, 0.3) is 5.69 Å². The van der Waals surface area contributed by atoms with E-state index in [4.69, 9.17) is 0 Å². The number of carbonyl (C=O) groups excluding carboxylic acids is 1. The lowest BCUT2D eigenvalue weighted by Gasteiger charge is -2.30. The first kappa shape index (κ1) is 16.1. The molecule has 2 N–H and O–H groups in total. The minimum absolute atomic E-state index is 0.00121. The molecule has 0 bridgehead atoms. The van der Waals surface area contributed by atoms with Crippen LogP contribution in [0.1, 0.15) is 44.1 Å². The van der Waals surface area contributed by atoms with E-state index >= 15 is 0 Å². The van der Waals surface area contributed by atoms with Crippen LogP contribution in [0.5, 0.6) is 0 Å². The first-order chi connectivity index (χ1) is 10.5. The van der Waals surface area contributed by atoms with Crippen molar-refractivity contribution in [3.05, 3.63) is 39.9 Å². The zero-order chi connectivity index (χ0) is 16.0. The largest absolute Gasteiger partial charge is 0.389 e. The normalized spacial score (nSPS) is 17.3. The Morgan fingerprint density at radius 3 is 2.73 bits per heavy atom. The summed E-state index contributed by atoms with van der Waals surface area (Å²) in [5.41, 5.74) is 1.60. The molecular weight excluding hydrogens is 286 g/mol. The van der Waals surface area contributed by atoms with Gasteiger partial charge >= 0.3 is 0 Å². The Morgan fingerprint density at radius 1 is 1.36 bits per heavy atom. The number of nitrogens with zero attached hydrogens (tertiary/aromatic N) is 2. The molecule has 1 amide bonds. The van der Waals surface area contributed by atoms with Crippen LogP contribution < -0.4 is 5.43 Å². The zero-order valence-electron chi connectivity index (χ0n) is 12.2. The van der Waals surface area contributed by atoms with Gasteiger partial charge in [-0.2, -0.15) is 5.10 Å². The molecule has 0 aliphatic heterocycles.